The number of nitrogens with zero attached hydrogens (tertiary/aromatic N) is 3. The number of nitrogens with one attached hydrogen (secondary N) is 2. The predicted molar refractivity (Wildman–Crippen MR) is 110 cm³/mol. The maximum atomic E-state index is 13.6. The molecule has 0 bridgehead atoms. The van der Waals surface area contributed by atoms with Crippen LogP contribution in [0.5, 0.6) is 0 Å². The van der Waals surface area contributed by atoms with Gasteiger partial charge in [0.25, 0.3) is 0 Å². The van der Waals surface area contributed by atoms with Gasteiger partial charge in [0.15, 0.2) is 5.96 Å². The van der Waals surface area contributed by atoms with E-state index in [0.717, 1.165) is 54.5 Å². The Hall–Kier alpha value is -2.89. The van der Waals surface area contributed by atoms with Gasteiger partial charge in [-0.15, -0.1) is 0 Å². The van der Waals surface area contributed by atoms with Crippen LogP contribution in [0.4, 0.5) is 4.39 Å². The summed E-state index contributed by atoms with van der Waals surface area (Å²) in [6, 6.07) is 13.0. The molecule has 6 heteroatoms. The predicted octanol–water partition coefficient (Wildman–Crippen LogP) is 3.57. The van der Waals surface area contributed by atoms with Gasteiger partial charge in [0.2, 0.25) is 0 Å². The summed E-state index contributed by atoms with van der Waals surface area (Å²) in [6.07, 6.45) is 4.16. The van der Waals surface area contributed by atoms with E-state index in [1.165, 1.54) is 6.07 Å². The summed E-state index contributed by atoms with van der Waals surface area (Å²) in [5, 5.41) is 6.73. The minimum atomic E-state index is -0.175. The molecule has 2 aromatic heterocycles. The molecular formula is C22H26FN5. The van der Waals surface area contributed by atoms with Crippen LogP contribution in [0.25, 0.3) is 5.65 Å². The molecule has 4 rings (SSSR count). The summed E-state index contributed by atoms with van der Waals surface area (Å²) in [4.78, 5) is 9.34. The number of imidazole rings is 1. The second-order valence-electron chi connectivity index (χ2n) is 7.47. The van der Waals surface area contributed by atoms with Gasteiger partial charge >= 0.3 is 0 Å². The average molecular weight is 379 g/mol. The molecule has 0 saturated heterocycles. The van der Waals surface area contributed by atoms with Crippen molar-refractivity contribution in [2.75, 3.05) is 13.1 Å². The summed E-state index contributed by atoms with van der Waals surface area (Å²) in [6.45, 7) is 6.14. The second kappa shape index (κ2) is 7.62. The highest BCUT2D eigenvalue weighted by Crippen LogP contribution is 2.47. The van der Waals surface area contributed by atoms with Crippen LogP contribution in [0, 0.1) is 12.7 Å². The third-order valence-electron chi connectivity index (χ3n) is 5.37. The summed E-state index contributed by atoms with van der Waals surface area (Å²) in [5.74, 6) is 0.588. The zero-order valence-electron chi connectivity index (χ0n) is 16.4. The van der Waals surface area contributed by atoms with Crippen LogP contribution in [0.3, 0.4) is 0 Å². The standard InChI is InChI=1S/C22H26FN5/c1-3-24-21(25-13-19-14-28-16(2)6-4-9-20(28)27-19)26-15-22(10-11-22)17-7-5-8-18(23)12-17/h4-9,12,14H,3,10-11,13,15H2,1-2H3,(H2,24,25,26). The van der Waals surface area contributed by atoms with Crippen molar-refractivity contribution in [3.63, 3.8) is 0 Å². The van der Waals surface area contributed by atoms with E-state index in [0.29, 0.717) is 6.54 Å². The van der Waals surface area contributed by atoms with Crippen LogP contribution in [0.2, 0.25) is 0 Å². The lowest BCUT2D eigenvalue weighted by atomic mass is 9.96. The maximum Gasteiger partial charge on any atom is 0.191 e. The zero-order valence-corrected chi connectivity index (χ0v) is 16.4. The van der Waals surface area contributed by atoms with Crippen molar-refractivity contribution in [1.29, 1.82) is 0 Å². The van der Waals surface area contributed by atoms with E-state index >= 15 is 0 Å². The highest BCUT2D eigenvalue weighted by Gasteiger charge is 2.44. The van der Waals surface area contributed by atoms with Crippen LogP contribution in [0.15, 0.2) is 53.7 Å². The van der Waals surface area contributed by atoms with E-state index in [1.54, 1.807) is 12.1 Å². The van der Waals surface area contributed by atoms with E-state index in [2.05, 4.69) is 33.0 Å². The minimum absolute atomic E-state index is 0.0124. The van der Waals surface area contributed by atoms with Crippen LogP contribution >= 0.6 is 0 Å². The van der Waals surface area contributed by atoms with E-state index < -0.39 is 0 Å². The largest absolute Gasteiger partial charge is 0.357 e. The Bertz CT molecular complexity index is 1000. The fraction of sp³-hybridized carbons (Fsp3) is 0.364. The molecular weight excluding hydrogens is 353 g/mol. The molecule has 0 unspecified atom stereocenters. The Labute approximate surface area is 164 Å². The smallest absolute Gasteiger partial charge is 0.191 e. The molecule has 1 aliphatic rings. The van der Waals surface area contributed by atoms with Gasteiger partial charge in [0.05, 0.1) is 12.2 Å². The molecule has 0 amide bonds. The number of hydrogen-bond donors (Lipinski definition) is 2. The van der Waals surface area contributed by atoms with Crippen LogP contribution in [-0.4, -0.2) is 28.4 Å². The lowest BCUT2D eigenvalue weighted by Crippen LogP contribution is -2.41. The molecule has 0 radical (unpaired) electrons. The van der Waals surface area contributed by atoms with Crippen molar-refractivity contribution in [3.05, 3.63) is 71.4 Å². The number of pyridine rings is 1. The number of hydrogen-bond acceptors (Lipinski definition) is 2. The van der Waals surface area contributed by atoms with E-state index in [-0.39, 0.29) is 11.2 Å². The molecule has 2 heterocycles. The fourth-order valence-corrected chi connectivity index (χ4v) is 3.57. The molecule has 1 fully saturated rings. The number of aromatic nitrogens is 2. The van der Waals surface area contributed by atoms with Gasteiger partial charge in [-0.25, -0.2) is 14.4 Å². The van der Waals surface area contributed by atoms with E-state index in [1.807, 2.05) is 31.3 Å². The van der Waals surface area contributed by atoms with Gasteiger partial charge in [0.1, 0.15) is 11.5 Å². The number of benzene rings is 1. The molecule has 1 saturated carbocycles. The molecule has 1 aliphatic carbocycles. The fourth-order valence-electron chi connectivity index (χ4n) is 3.57. The first-order valence-electron chi connectivity index (χ1n) is 9.81. The van der Waals surface area contributed by atoms with Crippen molar-refractivity contribution in [3.8, 4) is 0 Å². The van der Waals surface area contributed by atoms with Gasteiger partial charge in [-0.3, -0.25) is 0 Å². The van der Waals surface area contributed by atoms with E-state index in [9.17, 15) is 4.39 Å². The highest BCUT2D eigenvalue weighted by molar-refractivity contribution is 5.80. The summed E-state index contributed by atoms with van der Waals surface area (Å²) < 4.78 is 15.7. The Balaban J connectivity index is 1.45. The first kappa shape index (κ1) is 18.5. The third-order valence-corrected chi connectivity index (χ3v) is 5.37. The maximum absolute atomic E-state index is 13.6. The lowest BCUT2D eigenvalue weighted by Gasteiger charge is -2.19. The minimum Gasteiger partial charge on any atom is -0.357 e. The Morgan fingerprint density at radius 1 is 1.21 bits per heavy atom. The monoisotopic (exact) mass is 379 g/mol. The lowest BCUT2D eigenvalue weighted by molar-refractivity contribution is 0.607. The van der Waals surface area contributed by atoms with Crippen LogP contribution in [-0.2, 0) is 12.0 Å². The van der Waals surface area contributed by atoms with Gasteiger partial charge in [-0.05, 0) is 56.5 Å². The topological polar surface area (TPSA) is 53.7 Å². The molecule has 5 nitrogen and oxygen atoms in total. The van der Waals surface area contributed by atoms with Crippen LogP contribution < -0.4 is 10.6 Å². The molecule has 1 aromatic carbocycles. The van der Waals surface area contributed by atoms with E-state index in [4.69, 9.17) is 4.99 Å². The van der Waals surface area contributed by atoms with Crippen molar-refractivity contribution < 1.29 is 4.39 Å². The third kappa shape index (κ3) is 3.86. The van der Waals surface area contributed by atoms with Crippen molar-refractivity contribution >= 4 is 11.6 Å². The van der Waals surface area contributed by atoms with Gasteiger partial charge < -0.3 is 15.0 Å². The molecule has 28 heavy (non-hydrogen) atoms. The number of aliphatic imine (C=N–C) groups is 1. The Morgan fingerprint density at radius 3 is 2.75 bits per heavy atom. The number of aryl methyl sites for hydroxylation is 1. The van der Waals surface area contributed by atoms with Gasteiger partial charge in [-0.2, -0.15) is 0 Å². The van der Waals surface area contributed by atoms with Gasteiger partial charge in [0, 0.05) is 30.4 Å². The first-order chi connectivity index (χ1) is 13.6. The number of halogens is 1. The van der Waals surface area contributed by atoms with Crippen molar-refractivity contribution in [2.24, 2.45) is 4.99 Å². The zero-order chi connectivity index (χ0) is 19.6. The number of guanidine groups is 1. The number of rotatable bonds is 6. The van der Waals surface area contributed by atoms with Crippen molar-refractivity contribution in [2.45, 2.75) is 38.6 Å². The highest BCUT2D eigenvalue weighted by atomic mass is 19.1. The average Bonchev–Trinajstić information content (AvgIpc) is 3.36. The normalized spacial score (nSPS) is 15.6. The second-order valence-corrected chi connectivity index (χ2v) is 7.47. The Morgan fingerprint density at radius 2 is 2.04 bits per heavy atom. The quantitative estimate of drug-likeness (QED) is 0.509. The summed E-state index contributed by atoms with van der Waals surface area (Å²) >= 11 is 0. The molecule has 146 valence electrons. The van der Waals surface area contributed by atoms with Gasteiger partial charge in [-0.1, -0.05) is 18.2 Å². The molecule has 0 aliphatic heterocycles. The molecule has 0 atom stereocenters. The molecule has 2 N–H and O–H groups in total. The first-order valence-corrected chi connectivity index (χ1v) is 9.81. The molecule has 0 spiro atoms. The Kier molecular flexibility index (Phi) is 5.03. The summed E-state index contributed by atoms with van der Waals surface area (Å²) in [5.41, 5.74) is 4.09. The van der Waals surface area contributed by atoms with Crippen molar-refractivity contribution in [1.82, 2.24) is 20.0 Å². The van der Waals surface area contributed by atoms with Crippen LogP contribution in [0.1, 0.15) is 36.7 Å². The number of fused-ring (bicyclic) bond motifs is 1. The molecule has 3 aromatic rings. The summed E-state index contributed by atoms with van der Waals surface area (Å²) in [7, 11) is 0. The SMILES string of the molecule is CCNC(=NCc1cn2c(C)cccc2n1)NCC1(c2cccc(F)c2)CC1.